The Morgan fingerprint density at radius 3 is 2.70 bits per heavy atom. The summed E-state index contributed by atoms with van der Waals surface area (Å²) in [4.78, 5) is 35.7. The highest BCUT2D eigenvalue weighted by molar-refractivity contribution is 5.85. The van der Waals surface area contributed by atoms with Gasteiger partial charge in [-0.2, -0.15) is 0 Å². The summed E-state index contributed by atoms with van der Waals surface area (Å²) in [5.74, 6) is 1.77. The Morgan fingerprint density at radius 1 is 1.12 bits per heavy atom. The highest BCUT2D eigenvalue weighted by Crippen LogP contribution is 2.44. The summed E-state index contributed by atoms with van der Waals surface area (Å²) in [5.41, 5.74) is 4.37. The fraction of sp³-hybridized carbons (Fsp3) is 0.625. The molecule has 2 bridgehead atoms. The molecular formula is C24H33Cl2N5O2. The van der Waals surface area contributed by atoms with Crippen LogP contribution in [0, 0.1) is 12.8 Å². The number of hydrogen-bond donors (Lipinski definition) is 2. The van der Waals surface area contributed by atoms with Gasteiger partial charge in [-0.25, -0.2) is 4.98 Å². The molecule has 2 aromatic rings. The molecule has 4 aliphatic rings. The van der Waals surface area contributed by atoms with Gasteiger partial charge in [-0.3, -0.25) is 14.5 Å². The number of nitrogens with zero attached hydrogens (tertiary/aromatic N) is 3. The molecule has 0 saturated carbocycles. The van der Waals surface area contributed by atoms with E-state index in [4.69, 9.17) is 4.98 Å². The summed E-state index contributed by atoms with van der Waals surface area (Å²) in [7, 11) is 0. The molecule has 5 heterocycles. The molecule has 1 spiro atoms. The van der Waals surface area contributed by atoms with Crippen LogP contribution >= 0.6 is 24.8 Å². The fourth-order valence-corrected chi connectivity index (χ4v) is 6.59. The van der Waals surface area contributed by atoms with Gasteiger partial charge in [0, 0.05) is 47.8 Å². The molecule has 2 atom stereocenters. The van der Waals surface area contributed by atoms with Crippen LogP contribution in [0.15, 0.2) is 21.7 Å². The van der Waals surface area contributed by atoms with E-state index in [1.165, 1.54) is 12.1 Å². The lowest BCUT2D eigenvalue weighted by molar-refractivity contribution is 0.149. The van der Waals surface area contributed by atoms with E-state index in [1.54, 1.807) is 0 Å². The molecule has 33 heavy (non-hydrogen) atoms. The van der Waals surface area contributed by atoms with Crippen molar-refractivity contribution in [2.75, 3.05) is 26.2 Å². The summed E-state index contributed by atoms with van der Waals surface area (Å²) in [5, 5.41) is 3.51. The van der Waals surface area contributed by atoms with Gasteiger partial charge in [0.05, 0.1) is 5.69 Å². The molecule has 6 rings (SSSR count). The van der Waals surface area contributed by atoms with E-state index < -0.39 is 0 Å². The molecule has 0 radical (unpaired) electrons. The first-order chi connectivity index (χ1) is 15.0. The largest absolute Gasteiger partial charge is 0.316 e. The topological polar surface area (TPSA) is 83.0 Å². The Labute approximate surface area is 206 Å². The molecule has 0 amide bonds. The van der Waals surface area contributed by atoms with Crippen molar-refractivity contribution in [2.45, 2.75) is 63.5 Å². The number of hydrogen-bond acceptors (Lipinski definition) is 5. The summed E-state index contributed by atoms with van der Waals surface area (Å²) < 4.78 is 2.06. The summed E-state index contributed by atoms with van der Waals surface area (Å²) in [6, 6.07) is 4.27. The Kier molecular flexibility index (Phi) is 6.80. The van der Waals surface area contributed by atoms with Crippen LogP contribution < -0.4 is 16.4 Å². The number of likely N-dealkylation sites (tertiary alicyclic amines) is 1. The Hall–Kier alpha value is -1.67. The van der Waals surface area contributed by atoms with E-state index in [1.807, 2.05) is 6.92 Å². The van der Waals surface area contributed by atoms with E-state index >= 15 is 0 Å². The summed E-state index contributed by atoms with van der Waals surface area (Å²) >= 11 is 0. The van der Waals surface area contributed by atoms with Crippen molar-refractivity contribution in [1.29, 1.82) is 0 Å². The molecule has 2 N–H and O–H groups in total. The number of nitrogens with one attached hydrogen (secondary N) is 2. The van der Waals surface area contributed by atoms with Crippen molar-refractivity contribution in [3.8, 4) is 0 Å². The number of aryl methyl sites for hydroxylation is 1. The number of halogens is 2. The van der Waals surface area contributed by atoms with Crippen molar-refractivity contribution < 1.29 is 0 Å². The van der Waals surface area contributed by atoms with Gasteiger partial charge in [-0.15, -0.1) is 24.8 Å². The first-order valence-electron chi connectivity index (χ1n) is 11.8. The SMILES string of the molecule is Cc1nc2c(c(=O)[nH]1)CCC21CCN(Cc2ccc3n(c2=O)C[C@@H]2CNC[C@H]3C2)CC1.Cl.Cl. The van der Waals surface area contributed by atoms with Crippen LogP contribution in [-0.2, 0) is 24.9 Å². The minimum absolute atomic E-state index is 0. The van der Waals surface area contributed by atoms with Gasteiger partial charge in [0.2, 0.25) is 0 Å². The number of aromatic amines is 1. The lowest BCUT2D eigenvalue weighted by Crippen LogP contribution is -2.46. The maximum Gasteiger partial charge on any atom is 0.255 e. The second-order valence-electron chi connectivity index (χ2n) is 10.2. The van der Waals surface area contributed by atoms with Crippen LogP contribution in [-0.4, -0.2) is 45.6 Å². The number of pyridine rings is 1. The maximum absolute atomic E-state index is 13.3. The highest BCUT2D eigenvalue weighted by atomic mass is 35.5. The van der Waals surface area contributed by atoms with Crippen LogP contribution in [0.2, 0.25) is 0 Å². The van der Waals surface area contributed by atoms with Crippen LogP contribution in [0.3, 0.4) is 0 Å². The van der Waals surface area contributed by atoms with Gasteiger partial charge in [-0.1, -0.05) is 6.07 Å². The molecular weight excluding hydrogens is 461 g/mol. The Balaban J connectivity index is 0.00000130. The minimum Gasteiger partial charge on any atom is -0.316 e. The van der Waals surface area contributed by atoms with Crippen molar-refractivity contribution >= 4 is 24.8 Å². The third kappa shape index (κ3) is 4.07. The normalized spacial score (nSPS) is 25.0. The molecule has 3 aliphatic heterocycles. The summed E-state index contributed by atoms with van der Waals surface area (Å²) in [6.45, 7) is 7.35. The quantitative estimate of drug-likeness (QED) is 0.670. The zero-order valence-electron chi connectivity index (χ0n) is 19.1. The van der Waals surface area contributed by atoms with Crippen LogP contribution in [0.5, 0.6) is 0 Å². The van der Waals surface area contributed by atoms with Crippen LogP contribution in [0.25, 0.3) is 0 Å². The molecule has 180 valence electrons. The number of aromatic nitrogens is 3. The number of H-pyrrole nitrogens is 1. The molecule has 9 heteroatoms. The van der Waals surface area contributed by atoms with Gasteiger partial charge < -0.3 is 14.9 Å². The van der Waals surface area contributed by atoms with Crippen molar-refractivity contribution in [3.63, 3.8) is 0 Å². The number of piperidine rings is 2. The van der Waals surface area contributed by atoms with Crippen molar-refractivity contribution in [3.05, 3.63) is 61.2 Å². The lowest BCUT2D eigenvalue weighted by Gasteiger charge is -2.40. The zero-order valence-corrected chi connectivity index (χ0v) is 20.7. The second-order valence-corrected chi connectivity index (χ2v) is 10.2. The average molecular weight is 494 g/mol. The average Bonchev–Trinajstić information content (AvgIpc) is 3.11. The standard InChI is InChI=1S/C24H31N5O2.2ClH/c1-15-26-21-19(22(30)27-15)4-5-24(21)6-8-28(9-7-24)14-17-2-3-20-18-10-16(11-25-12-18)13-29(20)23(17)31;;/h2-3,16,18,25H,4-14H2,1H3,(H,26,27,30);2*1H/t16-,18+;;/m0../s1. The first kappa shape index (κ1) is 24.5. The number of rotatable bonds is 2. The van der Waals surface area contributed by atoms with Gasteiger partial charge in [0.15, 0.2) is 0 Å². The molecule has 1 aliphatic carbocycles. The zero-order chi connectivity index (χ0) is 21.2. The van der Waals surface area contributed by atoms with E-state index in [9.17, 15) is 9.59 Å². The van der Waals surface area contributed by atoms with Gasteiger partial charge in [-0.05, 0) is 70.6 Å². The lowest BCUT2D eigenvalue weighted by atomic mass is 9.76. The highest BCUT2D eigenvalue weighted by Gasteiger charge is 2.44. The van der Waals surface area contributed by atoms with Gasteiger partial charge in [0.1, 0.15) is 5.82 Å². The van der Waals surface area contributed by atoms with Crippen LogP contribution in [0.4, 0.5) is 0 Å². The molecule has 7 nitrogen and oxygen atoms in total. The van der Waals surface area contributed by atoms with E-state index in [-0.39, 0.29) is 41.3 Å². The van der Waals surface area contributed by atoms with Gasteiger partial charge >= 0.3 is 0 Å². The molecule has 2 aromatic heterocycles. The molecule has 2 saturated heterocycles. The third-order valence-electron chi connectivity index (χ3n) is 8.28. The third-order valence-corrected chi connectivity index (χ3v) is 8.28. The minimum atomic E-state index is 0. The van der Waals surface area contributed by atoms with E-state index in [0.717, 1.165) is 87.6 Å². The number of fused-ring (bicyclic) bond motifs is 6. The summed E-state index contributed by atoms with van der Waals surface area (Å²) in [6.07, 6.45) is 5.09. The predicted molar refractivity (Wildman–Crippen MR) is 133 cm³/mol. The van der Waals surface area contributed by atoms with E-state index in [0.29, 0.717) is 11.8 Å². The predicted octanol–water partition coefficient (Wildman–Crippen LogP) is 2.27. The van der Waals surface area contributed by atoms with E-state index in [2.05, 4.69) is 31.9 Å². The Bertz CT molecular complexity index is 1150. The van der Waals surface area contributed by atoms with Crippen molar-refractivity contribution in [2.24, 2.45) is 5.92 Å². The fourth-order valence-electron chi connectivity index (χ4n) is 6.59. The monoisotopic (exact) mass is 493 g/mol. The molecule has 0 unspecified atom stereocenters. The van der Waals surface area contributed by atoms with Crippen molar-refractivity contribution in [1.82, 2.24) is 24.8 Å². The smallest absolute Gasteiger partial charge is 0.255 e. The second kappa shape index (κ2) is 9.17. The van der Waals surface area contributed by atoms with Gasteiger partial charge in [0.25, 0.3) is 11.1 Å². The Morgan fingerprint density at radius 2 is 1.91 bits per heavy atom. The van der Waals surface area contributed by atoms with Crippen LogP contribution in [0.1, 0.15) is 59.9 Å². The molecule has 0 aromatic carbocycles. The first-order valence-corrected chi connectivity index (χ1v) is 11.8. The maximum atomic E-state index is 13.3. The molecule has 2 fully saturated rings.